The molecule has 2 heteroatoms. The number of benzene rings is 1. The lowest BCUT2D eigenvalue weighted by Crippen LogP contribution is -2.27. The Morgan fingerprint density at radius 1 is 1.00 bits per heavy atom. The van der Waals surface area contributed by atoms with Crippen molar-refractivity contribution in [3.05, 3.63) is 35.9 Å². The van der Waals surface area contributed by atoms with E-state index in [1.807, 2.05) is 0 Å². The van der Waals surface area contributed by atoms with Crippen LogP contribution in [0.25, 0.3) is 0 Å². The van der Waals surface area contributed by atoms with Crippen molar-refractivity contribution in [3.8, 4) is 0 Å². The van der Waals surface area contributed by atoms with Gasteiger partial charge >= 0.3 is 0 Å². The standard InChI is InChI=1S/C15H23NO/c17-12-15-8-6-14(7-9-15)11-16-10-13-4-2-1-3-5-13/h1-5,14-17H,6-12H2/t14-,15+. The number of aliphatic hydroxyl groups is 1. The van der Waals surface area contributed by atoms with Gasteiger partial charge in [-0.3, -0.25) is 0 Å². The Hall–Kier alpha value is -0.860. The van der Waals surface area contributed by atoms with Crippen LogP contribution in [0.4, 0.5) is 0 Å². The summed E-state index contributed by atoms with van der Waals surface area (Å²) in [5, 5.41) is 12.6. The lowest BCUT2D eigenvalue weighted by Gasteiger charge is -2.27. The van der Waals surface area contributed by atoms with Gasteiger partial charge in [0.05, 0.1) is 0 Å². The van der Waals surface area contributed by atoms with Crippen LogP contribution in [0.2, 0.25) is 0 Å². The van der Waals surface area contributed by atoms with Crippen molar-refractivity contribution in [2.24, 2.45) is 11.8 Å². The first-order chi connectivity index (χ1) is 8.38. The molecule has 0 bridgehead atoms. The molecule has 94 valence electrons. The highest BCUT2D eigenvalue weighted by Gasteiger charge is 2.19. The summed E-state index contributed by atoms with van der Waals surface area (Å²) in [5.41, 5.74) is 1.36. The van der Waals surface area contributed by atoms with E-state index in [2.05, 4.69) is 35.6 Å². The van der Waals surface area contributed by atoms with Crippen LogP contribution in [0, 0.1) is 11.8 Å². The molecule has 2 N–H and O–H groups in total. The third-order valence-corrected chi connectivity index (χ3v) is 3.83. The van der Waals surface area contributed by atoms with Gasteiger partial charge in [-0.1, -0.05) is 30.3 Å². The molecule has 2 nitrogen and oxygen atoms in total. The van der Waals surface area contributed by atoms with E-state index < -0.39 is 0 Å². The Morgan fingerprint density at radius 2 is 1.65 bits per heavy atom. The Morgan fingerprint density at radius 3 is 2.29 bits per heavy atom. The molecule has 0 heterocycles. The van der Waals surface area contributed by atoms with Crippen LogP contribution >= 0.6 is 0 Å². The number of rotatable bonds is 5. The Balaban J connectivity index is 1.63. The predicted molar refractivity (Wildman–Crippen MR) is 70.7 cm³/mol. The Bertz CT molecular complexity index is 304. The van der Waals surface area contributed by atoms with Crippen molar-refractivity contribution in [1.29, 1.82) is 0 Å². The molecule has 2 rings (SSSR count). The summed E-state index contributed by atoms with van der Waals surface area (Å²) >= 11 is 0. The topological polar surface area (TPSA) is 32.3 Å². The molecular formula is C15H23NO. The third kappa shape index (κ3) is 4.14. The van der Waals surface area contributed by atoms with Crippen LogP contribution < -0.4 is 5.32 Å². The molecule has 1 saturated carbocycles. The zero-order chi connectivity index (χ0) is 11.9. The van der Waals surface area contributed by atoms with Crippen LogP contribution in [0.15, 0.2) is 30.3 Å². The van der Waals surface area contributed by atoms with Gasteiger partial charge in [0.1, 0.15) is 0 Å². The molecule has 0 aliphatic heterocycles. The smallest absolute Gasteiger partial charge is 0.0459 e. The van der Waals surface area contributed by atoms with E-state index in [4.69, 9.17) is 5.11 Å². The highest BCUT2D eigenvalue weighted by molar-refractivity contribution is 5.14. The molecule has 17 heavy (non-hydrogen) atoms. The number of nitrogens with one attached hydrogen (secondary N) is 1. The minimum absolute atomic E-state index is 0.379. The van der Waals surface area contributed by atoms with Gasteiger partial charge in [-0.25, -0.2) is 0 Å². The summed E-state index contributed by atoms with van der Waals surface area (Å²) in [6, 6.07) is 10.6. The van der Waals surface area contributed by atoms with Crippen LogP contribution in [0.1, 0.15) is 31.2 Å². The van der Waals surface area contributed by atoms with Gasteiger partial charge in [-0.05, 0) is 49.6 Å². The Kier molecular flexibility index (Phi) is 5.02. The van der Waals surface area contributed by atoms with Gasteiger partial charge < -0.3 is 10.4 Å². The van der Waals surface area contributed by atoms with E-state index in [-0.39, 0.29) is 0 Å². The molecule has 0 spiro atoms. The molecule has 0 aromatic heterocycles. The second kappa shape index (κ2) is 6.77. The second-order valence-corrected chi connectivity index (χ2v) is 5.19. The zero-order valence-corrected chi connectivity index (χ0v) is 10.4. The van der Waals surface area contributed by atoms with Gasteiger partial charge in [-0.15, -0.1) is 0 Å². The summed E-state index contributed by atoms with van der Waals surface area (Å²) in [4.78, 5) is 0. The maximum Gasteiger partial charge on any atom is 0.0459 e. The normalized spacial score (nSPS) is 24.8. The van der Waals surface area contributed by atoms with E-state index in [1.54, 1.807) is 0 Å². The van der Waals surface area contributed by atoms with Crippen molar-refractivity contribution in [2.45, 2.75) is 32.2 Å². The summed E-state index contributed by atoms with van der Waals surface area (Å²) in [6.07, 6.45) is 4.95. The lowest BCUT2D eigenvalue weighted by atomic mass is 9.82. The zero-order valence-electron chi connectivity index (χ0n) is 10.4. The fourth-order valence-corrected chi connectivity index (χ4v) is 2.63. The summed E-state index contributed by atoms with van der Waals surface area (Å²) in [5.74, 6) is 1.38. The first-order valence-electron chi connectivity index (χ1n) is 6.74. The van der Waals surface area contributed by atoms with Crippen molar-refractivity contribution < 1.29 is 5.11 Å². The molecule has 0 radical (unpaired) electrons. The highest BCUT2D eigenvalue weighted by atomic mass is 16.3. The first-order valence-corrected chi connectivity index (χ1v) is 6.74. The fraction of sp³-hybridized carbons (Fsp3) is 0.600. The molecule has 1 aromatic rings. The molecule has 0 unspecified atom stereocenters. The first kappa shape index (κ1) is 12.6. The van der Waals surface area contributed by atoms with E-state index in [0.29, 0.717) is 12.5 Å². The number of hydrogen-bond donors (Lipinski definition) is 2. The van der Waals surface area contributed by atoms with E-state index >= 15 is 0 Å². The molecule has 1 aliphatic carbocycles. The Labute approximate surface area is 104 Å². The van der Waals surface area contributed by atoms with Crippen LogP contribution in [-0.2, 0) is 6.54 Å². The van der Waals surface area contributed by atoms with E-state index in [1.165, 1.54) is 31.2 Å². The predicted octanol–water partition coefficient (Wildman–Crippen LogP) is 2.57. The SMILES string of the molecule is OC[C@H]1CC[C@@H](CNCc2ccccc2)CC1. The molecule has 1 fully saturated rings. The van der Waals surface area contributed by atoms with Gasteiger partial charge in [0.2, 0.25) is 0 Å². The number of aliphatic hydroxyl groups excluding tert-OH is 1. The van der Waals surface area contributed by atoms with Gasteiger partial charge in [0.15, 0.2) is 0 Å². The van der Waals surface area contributed by atoms with Crippen molar-refractivity contribution in [2.75, 3.05) is 13.2 Å². The monoisotopic (exact) mass is 233 g/mol. The molecule has 1 aromatic carbocycles. The molecule has 0 atom stereocenters. The van der Waals surface area contributed by atoms with Crippen molar-refractivity contribution >= 4 is 0 Å². The molecule has 0 amide bonds. The maximum absolute atomic E-state index is 9.09. The number of hydrogen-bond acceptors (Lipinski definition) is 2. The van der Waals surface area contributed by atoms with Gasteiger partial charge in [0.25, 0.3) is 0 Å². The minimum atomic E-state index is 0.379. The summed E-state index contributed by atoms with van der Waals surface area (Å²) < 4.78 is 0. The van der Waals surface area contributed by atoms with Crippen molar-refractivity contribution in [3.63, 3.8) is 0 Å². The summed E-state index contributed by atoms with van der Waals surface area (Å²) in [6.45, 7) is 2.47. The molecular weight excluding hydrogens is 210 g/mol. The van der Waals surface area contributed by atoms with Gasteiger partial charge in [0, 0.05) is 13.2 Å². The lowest BCUT2D eigenvalue weighted by molar-refractivity contribution is 0.166. The maximum atomic E-state index is 9.09. The van der Waals surface area contributed by atoms with Crippen LogP contribution in [0.5, 0.6) is 0 Å². The fourth-order valence-electron chi connectivity index (χ4n) is 2.63. The molecule has 0 saturated heterocycles. The quantitative estimate of drug-likeness (QED) is 0.819. The van der Waals surface area contributed by atoms with Crippen LogP contribution in [-0.4, -0.2) is 18.3 Å². The second-order valence-electron chi connectivity index (χ2n) is 5.19. The van der Waals surface area contributed by atoms with E-state index in [0.717, 1.165) is 19.0 Å². The largest absolute Gasteiger partial charge is 0.396 e. The van der Waals surface area contributed by atoms with Crippen molar-refractivity contribution in [1.82, 2.24) is 5.32 Å². The van der Waals surface area contributed by atoms with Crippen LogP contribution in [0.3, 0.4) is 0 Å². The summed E-state index contributed by atoms with van der Waals surface area (Å²) in [7, 11) is 0. The van der Waals surface area contributed by atoms with Gasteiger partial charge in [-0.2, -0.15) is 0 Å². The minimum Gasteiger partial charge on any atom is -0.396 e. The third-order valence-electron chi connectivity index (χ3n) is 3.83. The molecule has 1 aliphatic rings. The highest BCUT2D eigenvalue weighted by Crippen LogP contribution is 2.27. The average Bonchev–Trinajstić information content (AvgIpc) is 2.41. The van der Waals surface area contributed by atoms with E-state index in [9.17, 15) is 0 Å². The average molecular weight is 233 g/mol.